The number of nitro groups is 1. The van der Waals surface area contributed by atoms with Crippen LogP contribution in [0.1, 0.15) is 19.4 Å². The van der Waals surface area contributed by atoms with Crippen LogP contribution in [0.25, 0.3) is 0 Å². The molecule has 0 aliphatic carbocycles. The van der Waals surface area contributed by atoms with Crippen LogP contribution in [0, 0.1) is 22.0 Å². The third kappa shape index (κ3) is 2.74. The van der Waals surface area contributed by atoms with Crippen LogP contribution in [0.5, 0.6) is 0 Å². The minimum atomic E-state index is -1.30. The first-order valence-corrected chi connectivity index (χ1v) is 8.18. The van der Waals surface area contributed by atoms with Gasteiger partial charge in [0.15, 0.2) is 11.8 Å². The molecule has 2 heterocycles. The summed E-state index contributed by atoms with van der Waals surface area (Å²) < 4.78 is 5.14. The number of nitro benzene ring substituents is 1. The second kappa shape index (κ2) is 6.49. The van der Waals surface area contributed by atoms with Crippen LogP contribution in [0.4, 0.5) is 5.69 Å². The Labute approximate surface area is 148 Å². The maximum Gasteiger partial charge on any atom is 0.337 e. The number of benzene rings is 1. The van der Waals surface area contributed by atoms with E-state index in [9.17, 15) is 29.6 Å². The van der Waals surface area contributed by atoms with E-state index in [1.165, 1.54) is 36.1 Å². The Hall–Kier alpha value is -2.81. The van der Waals surface area contributed by atoms with Crippen LogP contribution in [0.2, 0.25) is 0 Å². The molecule has 2 aliphatic rings. The molecule has 0 spiro atoms. The van der Waals surface area contributed by atoms with Crippen molar-refractivity contribution in [2.24, 2.45) is 11.8 Å². The summed E-state index contributed by atoms with van der Waals surface area (Å²) in [6.07, 6.45) is -0.895. The Morgan fingerprint density at radius 3 is 2.50 bits per heavy atom. The molecule has 1 aromatic carbocycles. The van der Waals surface area contributed by atoms with Gasteiger partial charge in [0.1, 0.15) is 6.61 Å². The molecule has 0 radical (unpaired) electrons. The van der Waals surface area contributed by atoms with E-state index in [1.807, 2.05) is 0 Å². The summed E-state index contributed by atoms with van der Waals surface area (Å²) in [6, 6.07) is 3.68. The molecule has 138 valence electrons. The summed E-state index contributed by atoms with van der Waals surface area (Å²) in [6.45, 7) is 2.95. The number of carbonyl (C=O) groups excluding carboxylic acids is 3. The number of carbonyl (C=O) groups is 3. The zero-order chi connectivity index (χ0) is 19.2. The topological polar surface area (TPSA) is 127 Å². The van der Waals surface area contributed by atoms with E-state index in [2.05, 4.69) is 0 Å². The summed E-state index contributed by atoms with van der Waals surface area (Å²) in [5.41, 5.74) is 0.439. The lowest BCUT2D eigenvalue weighted by atomic mass is 9.79. The molecule has 2 aliphatic heterocycles. The number of hydrogen-bond donors (Lipinski definition) is 1. The van der Waals surface area contributed by atoms with Crippen molar-refractivity contribution in [3.05, 3.63) is 39.9 Å². The zero-order valence-corrected chi connectivity index (χ0v) is 14.2. The van der Waals surface area contributed by atoms with Gasteiger partial charge in [0.2, 0.25) is 5.91 Å². The van der Waals surface area contributed by atoms with Crippen molar-refractivity contribution in [1.29, 1.82) is 0 Å². The summed E-state index contributed by atoms with van der Waals surface area (Å²) in [5, 5.41) is 20.3. The second-order valence-electron chi connectivity index (χ2n) is 6.63. The predicted molar refractivity (Wildman–Crippen MR) is 86.7 cm³/mol. The van der Waals surface area contributed by atoms with E-state index in [0.717, 1.165) is 0 Å². The number of amides is 1. The number of nitrogens with zero attached hydrogens (tertiary/aromatic N) is 2. The largest absolute Gasteiger partial charge is 0.459 e. The van der Waals surface area contributed by atoms with Crippen LogP contribution in [0.15, 0.2) is 24.3 Å². The van der Waals surface area contributed by atoms with Gasteiger partial charge in [-0.25, -0.2) is 4.79 Å². The number of Topliss-reactive ketones (excluding diaryl/α,β-unsaturated/α-hetero) is 1. The molecular formula is C17H18N2O7. The maximum atomic E-state index is 12.4. The van der Waals surface area contributed by atoms with Crippen LogP contribution in [0.3, 0.4) is 0 Å². The van der Waals surface area contributed by atoms with E-state index in [1.54, 1.807) is 6.92 Å². The van der Waals surface area contributed by atoms with Gasteiger partial charge in [0.05, 0.1) is 23.0 Å². The average molecular weight is 362 g/mol. The second-order valence-corrected chi connectivity index (χ2v) is 6.63. The van der Waals surface area contributed by atoms with Gasteiger partial charge in [-0.2, -0.15) is 0 Å². The van der Waals surface area contributed by atoms with Crippen LogP contribution >= 0.6 is 0 Å². The van der Waals surface area contributed by atoms with Crippen molar-refractivity contribution >= 4 is 23.3 Å². The normalized spacial score (nSPS) is 28.3. The highest BCUT2D eigenvalue weighted by Gasteiger charge is 2.64. The molecule has 26 heavy (non-hydrogen) atoms. The highest BCUT2D eigenvalue weighted by molar-refractivity contribution is 6.12. The molecule has 2 saturated heterocycles. The van der Waals surface area contributed by atoms with Crippen molar-refractivity contribution in [1.82, 2.24) is 4.90 Å². The summed E-state index contributed by atoms with van der Waals surface area (Å²) in [4.78, 5) is 48.2. The molecule has 1 N–H and O–H groups in total. The summed E-state index contributed by atoms with van der Waals surface area (Å²) in [5.74, 6) is -2.90. The van der Waals surface area contributed by atoms with Crippen molar-refractivity contribution in [3.63, 3.8) is 0 Å². The lowest BCUT2D eigenvalue weighted by molar-refractivity contribution is -0.384. The van der Waals surface area contributed by atoms with Gasteiger partial charge < -0.3 is 14.7 Å². The van der Waals surface area contributed by atoms with Gasteiger partial charge >= 0.3 is 5.97 Å². The van der Waals surface area contributed by atoms with E-state index in [4.69, 9.17) is 4.74 Å². The predicted octanol–water partition coefficient (Wildman–Crippen LogP) is 0.433. The summed E-state index contributed by atoms with van der Waals surface area (Å²) >= 11 is 0. The third-order valence-corrected chi connectivity index (χ3v) is 5.01. The Bertz CT molecular complexity index is 774. The molecule has 5 atom stereocenters. The summed E-state index contributed by atoms with van der Waals surface area (Å²) in [7, 11) is 0. The minimum Gasteiger partial charge on any atom is -0.459 e. The number of aliphatic hydroxyl groups is 1. The van der Waals surface area contributed by atoms with E-state index in [0.29, 0.717) is 5.56 Å². The molecule has 1 amide bonds. The first-order chi connectivity index (χ1) is 12.2. The number of fused-ring (bicyclic) bond motifs is 1. The van der Waals surface area contributed by atoms with Gasteiger partial charge in [-0.3, -0.25) is 19.7 Å². The fourth-order valence-corrected chi connectivity index (χ4v) is 3.63. The number of esters is 1. The maximum absolute atomic E-state index is 12.4. The number of ketones is 1. The molecule has 0 aromatic heterocycles. The number of ether oxygens (including phenoxy) is 1. The number of β-lactam (4-membered cyclic amide) rings is 1. The fraction of sp³-hybridized carbons (Fsp3) is 0.471. The number of rotatable bonds is 5. The lowest BCUT2D eigenvalue weighted by Crippen LogP contribution is -2.65. The number of hydrogen-bond acceptors (Lipinski definition) is 7. The van der Waals surface area contributed by atoms with Crippen LogP contribution in [-0.2, 0) is 25.7 Å². The average Bonchev–Trinajstić information content (AvgIpc) is 2.81. The zero-order valence-electron chi connectivity index (χ0n) is 14.2. The van der Waals surface area contributed by atoms with Gasteiger partial charge in [-0.15, -0.1) is 0 Å². The first kappa shape index (κ1) is 18.0. The highest BCUT2D eigenvalue weighted by Crippen LogP contribution is 2.43. The quantitative estimate of drug-likeness (QED) is 0.265. The molecule has 9 nitrogen and oxygen atoms in total. The van der Waals surface area contributed by atoms with Crippen molar-refractivity contribution in [3.8, 4) is 0 Å². The molecular weight excluding hydrogens is 344 g/mol. The van der Waals surface area contributed by atoms with Crippen LogP contribution < -0.4 is 0 Å². The van der Waals surface area contributed by atoms with E-state index >= 15 is 0 Å². The number of non-ortho nitro benzene ring substituents is 1. The molecule has 1 unspecified atom stereocenters. The lowest BCUT2D eigenvalue weighted by Gasteiger charge is -2.46. The Morgan fingerprint density at radius 1 is 1.35 bits per heavy atom. The molecule has 0 bridgehead atoms. The van der Waals surface area contributed by atoms with Gasteiger partial charge in [0, 0.05) is 18.1 Å². The van der Waals surface area contributed by atoms with Gasteiger partial charge in [0.25, 0.3) is 5.69 Å². The van der Waals surface area contributed by atoms with Crippen molar-refractivity contribution in [2.75, 3.05) is 0 Å². The fourth-order valence-electron chi connectivity index (χ4n) is 3.63. The van der Waals surface area contributed by atoms with Crippen molar-refractivity contribution < 1.29 is 29.2 Å². The Morgan fingerprint density at radius 2 is 1.96 bits per heavy atom. The first-order valence-electron chi connectivity index (χ1n) is 8.18. The van der Waals surface area contributed by atoms with E-state index in [-0.39, 0.29) is 12.3 Å². The molecule has 3 rings (SSSR count). The Balaban J connectivity index is 1.67. The van der Waals surface area contributed by atoms with Crippen molar-refractivity contribution in [2.45, 2.75) is 38.6 Å². The molecule has 9 heteroatoms. The SMILES string of the molecule is C[C@@H]1C(=O)C(C(=O)OCc2ccc([N+](=O)[O-])cc2)N2C(=O)[C@H]([C@@H](C)O)[C@@H]12. The smallest absolute Gasteiger partial charge is 0.337 e. The standard InChI is InChI=1S/C17H18N2O7/c1-8-13-12(9(2)20)16(22)18(13)14(15(8)21)17(23)26-7-10-3-5-11(6-4-10)19(24)25/h3-6,8-9,12-14,20H,7H2,1-2H3/t8-,9+,12+,13+,14?/m0/s1. The molecule has 1 aromatic rings. The molecule has 0 saturated carbocycles. The molecule has 2 fully saturated rings. The van der Waals surface area contributed by atoms with E-state index < -0.39 is 52.6 Å². The van der Waals surface area contributed by atoms with Gasteiger partial charge in [-0.05, 0) is 24.6 Å². The third-order valence-electron chi connectivity index (χ3n) is 5.01. The highest BCUT2D eigenvalue weighted by atomic mass is 16.6. The van der Waals surface area contributed by atoms with Gasteiger partial charge in [-0.1, -0.05) is 6.92 Å². The van der Waals surface area contributed by atoms with Crippen LogP contribution in [-0.4, -0.2) is 50.8 Å². The number of aliphatic hydroxyl groups excluding tert-OH is 1. The Kier molecular flexibility index (Phi) is 4.49. The minimum absolute atomic E-state index is 0.0851. The monoisotopic (exact) mass is 362 g/mol.